The molecule has 3 aromatic carbocycles. The van der Waals surface area contributed by atoms with Crippen LogP contribution in [0.3, 0.4) is 0 Å². The summed E-state index contributed by atoms with van der Waals surface area (Å²) in [6, 6.07) is 20.0. The minimum atomic E-state index is -3.83. The number of sulfonamides is 1. The van der Waals surface area contributed by atoms with Gasteiger partial charge in [-0.3, -0.25) is 9.59 Å². The standard InChI is InChI=1S/C26H20ClN5O5S2/c27-18-6-11-21(37-15-24(33)29-19-7-9-20(10-8-19)39(28,35)36)17(13-18)14-22-25(34)32-26(38-22)30-23(31-32)12-16-4-2-1-3-5-16/h1-11,13-14H,12,15H2,(H,29,33)(H2,28,35,36)/b22-14-. The number of rotatable bonds is 8. The number of ether oxygens (including phenoxy) is 1. The van der Waals surface area contributed by atoms with E-state index in [1.165, 1.54) is 40.1 Å². The zero-order valence-electron chi connectivity index (χ0n) is 20.1. The average molecular weight is 582 g/mol. The fourth-order valence-corrected chi connectivity index (χ4v) is 5.31. The van der Waals surface area contributed by atoms with Gasteiger partial charge >= 0.3 is 0 Å². The van der Waals surface area contributed by atoms with Gasteiger partial charge in [0.15, 0.2) is 12.4 Å². The Labute approximate surface area is 231 Å². The van der Waals surface area contributed by atoms with E-state index in [4.69, 9.17) is 21.5 Å². The summed E-state index contributed by atoms with van der Waals surface area (Å²) in [5, 5.41) is 12.5. The van der Waals surface area contributed by atoms with Crippen molar-refractivity contribution in [1.29, 1.82) is 0 Å². The molecule has 39 heavy (non-hydrogen) atoms. The van der Waals surface area contributed by atoms with Gasteiger partial charge in [-0.05, 0) is 54.1 Å². The quantitative estimate of drug-likeness (QED) is 0.286. The first-order valence-electron chi connectivity index (χ1n) is 11.4. The zero-order valence-corrected chi connectivity index (χ0v) is 22.5. The highest BCUT2D eigenvalue weighted by atomic mass is 35.5. The zero-order chi connectivity index (χ0) is 27.6. The van der Waals surface area contributed by atoms with Gasteiger partial charge in [0.05, 0.1) is 9.43 Å². The Morgan fingerprint density at radius 1 is 1.10 bits per heavy atom. The molecule has 0 fully saturated rings. The van der Waals surface area contributed by atoms with Crippen molar-refractivity contribution < 1.29 is 17.9 Å². The minimum absolute atomic E-state index is 0.0699. The number of primary sulfonamides is 1. The lowest BCUT2D eigenvalue weighted by Gasteiger charge is -2.10. The molecule has 3 N–H and O–H groups in total. The van der Waals surface area contributed by atoms with E-state index in [1.807, 2.05) is 30.3 Å². The smallest absolute Gasteiger partial charge is 0.291 e. The molecule has 0 radical (unpaired) electrons. The van der Waals surface area contributed by atoms with Crippen molar-refractivity contribution >= 4 is 55.6 Å². The third kappa shape index (κ3) is 6.32. The fraction of sp³-hybridized carbons (Fsp3) is 0.0769. The van der Waals surface area contributed by atoms with Crippen LogP contribution in [0.2, 0.25) is 5.02 Å². The summed E-state index contributed by atoms with van der Waals surface area (Å²) < 4.78 is 30.1. The van der Waals surface area contributed by atoms with Crippen LogP contribution in [0.25, 0.3) is 11.0 Å². The number of benzene rings is 3. The predicted molar refractivity (Wildman–Crippen MR) is 149 cm³/mol. The number of anilines is 1. The Bertz CT molecular complexity index is 1890. The summed E-state index contributed by atoms with van der Waals surface area (Å²) in [5.41, 5.74) is 1.59. The van der Waals surface area contributed by atoms with E-state index in [2.05, 4.69) is 15.4 Å². The van der Waals surface area contributed by atoms with Crippen molar-refractivity contribution in [3.8, 4) is 5.75 Å². The summed E-state index contributed by atoms with van der Waals surface area (Å²) in [6.07, 6.45) is 2.13. The number of thiazole rings is 1. The minimum Gasteiger partial charge on any atom is -0.483 e. The molecule has 10 nitrogen and oxygen atoms in total. The second kappa shape index (κ2) is 10.9. The predicted octanol–water partition coefficient (Wildman–Crippen LogP) is 2.61. The lowest BCUT2D eigenvalue weighted by Crippen LogP contribution is -2.24. The van der Waals surface area contributed by atoms with E-state index in [-0.39, 0.29) is 17.1 Å². The SMILES string of the molecule is NS(=O)(=O)c1ccc(NC(=O)COc2ccc(Cl)cc2/C=c2\sc3nc(Cc4ccccc4)nn3c2=O)cc1. The summed E-state index contributed by atoms with van der Waals surface area (Å²) in [7, 11) is -3.83. The number of nitrogens with one attached hydrogen (secondary N) is 1. The lowest BCUT2D eigenvalue weighted by molar-refractivity contribution is -0.118. The number of nitrogens with two attached hydrogens (primary N) is 1. The molecule has 0 aliphatic carbocycles. The molecule has 1 amide bonds. The van der Waals surface area contributed by atoms with Crippen LogP contribution >= 0.6 is 22.9 Å². The monoisotopic (exact) mass is 581 g/mol. The molecule has 0 saturated carbocycles. The molecule has 2 heterocycles. The Hall–Kier alpha value is -4.10. The van der Waals surface area contributed by atoms with Crippen molar-refractivity contribution in [2.24, 2.45) is 5.14 Å². The van der Waals surface area contributed by atoms with Crippen LogP contribution in [0.5, 0.6) is 5.75 Å². The molecular formula is C26H20ClN5O5S2. The van der Waals surface area contributed by atoms with E-state index in [0.717, 1.165) is 5.56 Å². The van der Waals surface area contributed by atoms with Gasteiger partial charge in [0.25, 0.3) is 11.5 Å². The first-order chi connectivity index (χ1) is 18.7. The van der Waals surface area contributed by atoms with Crippen molar-refractivity contribution in [1.82, 2.24) is 14.6 Å². The molecule has 0 atom stereocenters. The first kappa shape index (κ1) is 26.5. The fourth-order valence-electron chi connectivity index (χ4n) is 3.70. The molecular weight excluding hydrogens is 562 g/mol. The van der Waals surface area contributed by atoms with E-state index < -0.39 is 15.9 Å². The Morgan fingerprint density at radius 3 is 2.54 bits per heavy atom. The maximum Gasteiger partial charge on any atom is 0.291 e. The average Bonchev–Trinajstić information content (AvgIpc) is 3.41. The van der Waals surface area contributed by atoms with Gasteiger partial charge in [0.2, 0.25) is 15.0 Å². The van der Waals surface area contributed by atoms with Gasteiger partial charge in [-0.1, -0.05) is 53.3 Å². The Morgan fingerprint density at radius 2 is 1.85 bits per heavy atom. The number of fused-ring (bicyclic) bond motifs is 1. The molecule has 0 aliphatic heterocycles. The molecule has 0 unspecified atom stereocenters. The molecule has 0 aliphatic rings. The Kier molecular flexibility index (Phi) is 7.44. The van der Waals surface area contributed by atoms with Crippen molar-refractivity contribution in [3.63, 3.8) is 0 Å². The van der Waals surface area contributed by atoms with Gasteiger partial charge in [-0.25, -0.2) is 18.5 Å². The van der Waals surface area contributed by atoms with E-state index in [1.54, 1.807) is 24.3 Å². The van der Waals surface area contributed by atoms with E-state index in [9.17, 15) is 18.0 Å². The van der Waals surface area contributed by atoms with Crippen LogP contribution < -0.4 is 25.3 Å². The number of amides is 1. The van der Waals surface area contributed by atoms with Crippen LogP contribution in [0.4, 0.5) is 5.69 Å². The molecule has 5 rings (SSSR count). The second-order valence-corrected chi connectivity index (χ2v) is 11.4. The number of aromatic nitrogens is 3. The molecule has 5 aromatic rings. The summed E-state index contributed by atoms with van der Waals surface area (Å²) in [4.78, 5) is 30.3. The molecule has 198 valence electrons. The lowest BCUT2D eigenvalue weighted by atomic mass is 10.1. The van der Waals surface area contributed by atoms with Crippen molar-refractivity contribution in [2.45, 2.75) is 11.3 Å². The van der Waals surface area contributed by atoms with Gasteiger partial charge in [-0.15, -0.1) is 5.10 Å². The second-order valence-electron chi connectivity index (χ2n) is 8.39. The first-order valence-corrected chi connectivity index (χ1v) is 14.2. The highest BCUT2D eigenvalue weighted by Crippen LogP contribution is 2.24. The third-order valence-corrected chi connectivity index (χ3v) is 7.64. The maximum atomic E-state index is 13.0. The molecule has 13 heteroatoms. The number of carbonyl (C=O) groups is 1. The molecule has 0 spiro atoms. The largest absolute Gasteiger partial charge is 0.483 e. The number of hydrogen-bond donors (Lipinski definition) is 2. The topological polar surface area (TPSA) is 146 Å². The highest BCUT2D eigenvalue weighted by molar-refractivity contribution is 7.89. The van der Waals surface area contributed by atoms with Crippen molar-refractivity contribution in [2.75, 3.05) is 11.9 Å². The van der Waals surface area contributed by atoms with Crippen LogP contribution in [-0.4, -0.2) is 35.5 Å². The van der Waals surface area contributed by atoms with E-state index in [0.29, 0.717) is 43.8 Å². The van der Waals surface area contributed by atoms with Crippen LogP contribution in [-0.2, 0) is 21.2 Å². The number of carbonyl (C=O) groups excluding carboxylic acids is 1. The van der Waals surface area contributed by atoms with Gasteiger partial charge in [0.1, 0.15) is 5.75 Å². The maximum absolute atomic E-state index is 13.0. The van der Waals surface area contributed by atoms with Crippen molar-refractivity contribution in [3.05, 3.63) is 110 Å². The normalized spacial score (nSPS) is 12.1. The van der Waals surface area contributed by atoms with Crippen LogP contribution in [0.1, 0.15) is 17.0 Å². The number of halogens is 1. The van der Waals surface area contributed by atoms with Gasteiger partial charge in [-0.2, -0.15) is 4.52 Å². The summed E-state index contributed by atoms with van der Waals surface area (Å²) in [5.74, 6) is 0.406. The number of nitrogens with zero attached hydrogens (tertiary/aromatic N) is 3. The van der Waals surface area contributed by atoms with Gasteiger partial charge < -0.3 is 10.1 Å². The molecule has 0 saturated heterocycles. The number of hydrogen-bond acceptors (Lipinski definition) is 8. The van der Waals surface area contributed by atoms with E-state index >= 15 is 0 Å². The molecule has 0 bridgehead atoms. The summed E-state index contributed by atoms with van der Waals surface area (Å²) in [6.45, 7) is -0.345. The van der Waals surface area contributed by atoms with Gasteiger partial charge in [0, 0.05) is 22.7 Å². The van der Waals surface area contributed by atoms with Crippen LogP contribution in [0, 0.1) is 0 Å². The Balaban J connectivity index is 1.32. The summed E-state index contributed by atoms with van der Waals surface area (Å²) >= 11 is 7.37. The van der Waals surface area contributed by atoms with Crippen LogP contribution in [0.15, 0.2) is 82.5 Å². The molecule has 2 aromatic heterocycles. The third-order valence-electron chi connectivity index (χ3n) is 5.51. The highest BCUT2D eigenvalue weighted by Gasteiger charge is 2.13.